The maximum Gasteiger partial charge on any atom is 0.303 e. The molecule has 1 aromatic carbocycles. The minimum Gasteiger partial charge on any atom is -0.481 e. The summed E-state index contributed by atoms with van der Waals surface area (Å²) in [7, 11) is 0. The van der Waals surface area contributed by atoms with Gasteiger partial charge in [-0.3, -0.25) is 4.79 Å². The zero-order valence-electron chi connectivity index (χ0n) is 8.49. The maximum absolute atomic E-state index is 9.37. The number of hydrogen-bond acceptors (Lipinski definition) is 1. The van der Waals surface area contributed by atoms with Gasteiger partial charge in [0, 0.05) is 6.42 Å². The quantitative estimate of drug-likeness (QED) is 0.742. The fraction of sp³-hybridized carbons (Fsp3) is 0.417. The number of aryl methyl sites for hydroxylation is 2. The number of benzene rings is 1. The number of aliphatic carboxylic acids is 1. The van der Waals surface area contributed by atoms with Crippen molar-refractivity contribution < 1.29 is 9.90 Å². The third-order valence-electron chi connectivity index (χ3n) is 2.31. The lowest BCUT2D eigenvalue weighted by molar-refractivity contribution is -0.136. The Bertz CT molecular complexity index is 282. The van der Waals surface area contributed by atoms with Crippen molar-refractivity contribution in [3.63, 3.8) is 0 Å². The molecule has 0 unspecified atom stereocenters. The summed E-state index contributed by atoms with van der Waals surface area (Å²) < 4.78 is 0. The lowest BCUT2D eigenvalue weighted by Gasteiger charge is -1.93. The van der Waals surface area contributed by atoms with E-state index < -0.39 is 5.97 Å². The minimum atomic E-state index is -0.745. The van der Waals surface area contributed by atoms with E-state index in [1.54, 1.807) is 18.1 Å². The molecule has 1 aliphatic rings. The second kappa shape index (κ2) is 5.43. The van der Waals surface area contributed by atoms with Crippen LogP contribution in [0.1, 0.15) is 30.9 Å². The molecule has 0 spiro atoms. The van der Waals surface area contributed by atoms with Crippen LogP contribution in [-0.4, -0.2) is 11.1 Å². The molecule has 0 aromatic heterocycles. The first-order valence-corrected chi connectivity index (χ1v) is 5.02. The normalized spacial score (nSPS) is 12.6. The molecule has 2 rings (SSSR count). The van der Waals surface area contributed by atoms with Gasteiger partial charge in [0.1, 0.15) is 0 Å². The highest BCUT2D eigenvalue weighted by Gasteiger charge is 2.07. The fourth-order valence-electron chi connectivity index (χ4n) is 1.51. The summed E-state index contributed by atoms with van der Waals surface area (Å²) >= 11 is 0. The van der Waals surface area contributed by atoms with Gasteiger partial charge in [-0.05, 0) is 30.4 Å². The van der Waals surface area contributed by atoms with Crippen LogP contribution in [0.5, 0.6) is 0 Å². The van der Waals surface area contributed by atoms with Crippen molar-refractivity contribution in [1.29, 1.82) is 0 Å². The molecule has 76 valence electrons. The van der Waals surface area contributed by atoms with Gasteiger partial charge in [-0.15, -0.1) is 0 Å². The summed E-state index contributed by atoms with van der Waals surface area (Å²) in [5.74, 6) is -0.745. The Hall–Kier alpha value is -1.31. The van der Waals surface area contributed by atoms with Crippen molar-refractivity contribution in [1.82, 2.24) is 0 Å². The fourth-order valence-corrected chi connectivity index (χ4v) is 1.51. The predicted molar refractivity (Wildman–Crippen MR) is 56.4 cm³/mol. The highest BCUT2D eigenvalue weighted by atomic mass is 16.4. The van der Waals surface area contributed by atoms with Gasteiger partial charge in [-0.2, -0.15) is 0 Å². The lowest BCUT2D eigenvalue weighted by atomic mass is 10.1. The Morgan fingerprint density at radius 3 is 2.07 bits per heavy atom. The molecule has 2 nitrogen and oxygen atoms in total. The van der Waals surface area contributed by atoms with E-state index in [0.717, 1.165) is 0 Å². The van der Waals surface area contributed by atoms with Crippen molar-refractivity contribution >= 4 is 5.97 Å². The van der Waals surface area contributed by atoms with E-state index in [2.05, 4.69) is 24.3 Å². The maximum atomic E-state index is 9.37. The van der Waals surface area contributed by atoms with Crippen LogP contribution in [0.15, 0.2) is 24.3 Å². The van der Waals surface area contributed by atoms with Crippen molar-refractivity contribution in [3.05, 3.63) is 35.4 Å². The molecule has 1 aromatic rings. The SMILES string of the molecule is CCC(=O)O.c1ccc2c(c1)CCC2. The van der Waals surface area contributed by atoms with Crippen LogP contribution in [0.25, 0.3) is 0 Å². The van der Waals surface area contributed by atoms with Gasteiger partial charge in [0.05, 0.1) is 0 Å². The number of hydrogen-bond donors (Lipinski definition) is 1. The summed E-state index contributed by atoms with van der Waals surface area (Å²) in [4.78, 5) is 9.37. The van der Waals surface area contributed by atoms with Crippen molar-refractivity contribution in [2.75, 3.05) is 0 Å². The molecule has 2 heteroatoms. The summed E-state index contributed by atoms with van der Waals surface area (Å²) in [5.41, 5.74) is 3.13. The van der Waals surface area contributed by atoms with E-state index in [1.807, 2.05) is 0 Å². The third kappa shape index (κ3) is 3.21. The van der Waals surface area contributed by atoms with Crippen molar-refractivity contribution in [3.8, 4) is 0 Å². The Morgan fingerprint density at radius 2 is 1.71 bits per heavy atom. The average Bonchev–Trinajstić information content (AvgIpc) is 2.66. The highest BCUT2D eigenvalue weighted by Crippen LogP contribution is 2.20. The summed E-state index contributed by atoms with van der Waals surface area (Å²) in [6, 6.07) is 8.74. The first-order valence-electron chi connectivity index (χ1n) is 5.02. The molecule has 0 saturated heterocycles. The second-order valence-corrected chi connectivity index (χ2v) is 3.37. The van der Waals surface area contributed by atoms with Gasteiger partial charge in [0.15, 0.2) is 0 Å². The zero-order chi connectivity index (χ0) is 10.4. The van der Waals surface area contributed by atoms with E-state index in [-0.39, 0.29) is 6.42 Å². The van der Waals surface area contributed by atoms with E-state index in [4.69, 9.17) is 5.11 Å². The Kier molecular flexibility index (Phi) is 4.17. The second-order valence-electron chi connectivity index (χ2n) is 3.37. The van der Waals surface area contributed by atoms with Crippen LogP contribution in [0.4, 0.5) is 0 Å². The van der Waals surface area contributed by atoms with Crippen LogP contribution in [0.2, 0.25) is 0 Å². The largest absolute Gasteiger partial charge is 0.481 e. The van der Waals surface area contributed by atoms with E-state index >= 15 is 0 Å². The van der Waals surface area contributed by atoms with E-state index in [9.17, 15) is 4.79 Å². The summed E-state index contributed by atoms with van der Waals surface area (Å²) in [6.07, 6.45) is 4.19. The molecule has 1 N–H and O–H groups in total. The minimum absolute atomic E-state index is 0.222. The molecular formula is C12H16O2. The topological polar surface area (TPSA) is 37.3 Å². The first kappa shape index (κ1) is 10.8. The monoisotopic (exact) mass is 192 g/mol. The average molecular weight is 192 g/mol. The number of fused-ring (bicyclic) bond motifs is 1. The van der Waals surface area contributed by atoms with Gasteiger partial charge in [-0.1, -0.05) is 31.2 Å². The summed E-state index contributed by atoms with van der Waals surface area (Å²) in [5, 5.41) is 7.72. The number of carboxylic acids is 1. The summed E-state index contributed by atoms with van der Waals surface area (Å²) in [6.45, 7) is 1.60. The molecule has 0 bridgehead atoms. The van der Waals surface area contributed by atoms with Gasteiger partial charge in [0.2, 0.25) is 0 Å². The smallest absolute Gasteiger partial charge is 0.303 e. The van der Waals surface area contributed by atoms with Crippen molar-refractivity contribution in [2.45, 2.75) is 32.6 Å². The Balaban J connectivity index is 0.000000171. The molecule has 0 amide bonds. The van der Waals surface area contributed by atoms with Gasteiger partial charge in [0.25, 0.3) is 0 Å². The molecule has 1 aliphatic carbocycles. The Labute approximate surface area is 84.6 Å². The highest BCUT2D eigenvalue weighted by molar-refractivity contribution is 5.66. The van der Waals surface area contributed by atoms with Gasteiger partial charge < -0.3 is 5.11 Å². The molecule has 0 aliphatic heterocycles. The van der Waals surface area contributed by atoms with Crippen LogP contribution >= 0.6 is 0 Å². The lowest BCUT2D eigenvalue weighted by Crippen LogP contribution is -1.86. The number of rotatable bonds is 1. The number of carbonyl (C=O) groups is 1. The van der Waals surface area contributed by atoms with Gasteiger partial charge in [-0.25, -0.2) is 0 Å². The third-order valence-corrected chi connectivity index (χ3v) is 2.31. The zero-order valence-corrected chi connectivity index (χ0v) is 8.49. The molecule has 0 saturated carbocycles. The molecule has 0 radical (unpaired) electrons. The van der Waals surface area contributed by atoms with Crippen LogP contribution in [0.3, 0.4) is 0 Å². The molecule has 0 atom stereocenters. The van der Waals surface area contributed by atoms with E-state index in [0.29, 0.717) is 0 Å². The van der Waals surface area contributed by atoms with Crippen LogP contribution < -0.4 is 0 Å². The van der Waals surface area contributed by atoms with Crippen LogP contribution in [-0.2, 0) is 17.6 Å². The molecule has 0 heterocycles. The standard InChI is InChI=1S/C9H10.C3H6O2/c1-2-5-9-7-3-6-8(9)4-1;1-2-3(4)5/h1-2,4-5H,3,6-7H2;2H2,1H3,(H,4,5). The molecule has 14 heavy (non-hydrogen) atoms. The number of carboxylic acid groups (broad SMARTS) is 1. The molecular weight excluding hydrogens is 176 g/mol. The van der Waals surface area contributed by atoms with Crippen molar-refractivity contribution in [2.24, 2.45) is 0 Å². The van der Waals surface area contributed by atoms with E-state index in [1.165, 1.54) is 19.3 Å². The molecule has 0 fully saturated rings. The first-order chi connectivity index (χ1) is 6.74. The van der Waals surface area contributed by atoms with Crippen LogP contribution in [0, 0.1) is 0 Å². The Morgan fingerprint density at radius 1 is 1.29 bits per heavy atom. The predicted octanol–water partition coefficient (Wildman–Crippen LogP) is 2.66. The van der Waals surface area contributed by atoms with Gasteiger partial charge >= 0.3 is 5.97 Å².